The van der Waals surface area contributed by atoms with Crippen LogP contribution in [-0.4, -0.2) is 36.7 Å². The van der Waals surface area contributed by atoms with Gasteiger partial charge in [0.15, 0.2) is 5.76 Å². The number of anilines is 1. The molecule has 1 amide bonds. The zero-order chi connectivity index (χ0) is 29.4. The van der Waals surface area contributed by atoms with Crippen LogP contribution in [0.2, 0.25) is 10.0 Å². The van der Waals surface area contributed by atoms with E-state index in [2.05, 4.69) is 0 Å². The molecule has 4 rings (SSSR count). The van der Waals surface area contributed by atoms with Crippen molar-refractivity contribution in [2.75, 3.05) is 12.0 Å². The van der Waals surface area contributed by atoms with Gasteiger partial charge in [0.25, 0.3) is 5.91 Å². The second kappa shape index (κ2) is 11.6. The van der Waals surface area contributed by atoms with Gasteiger partial charge < -0.3 is 15.9 Å². The first-order valence-corrected chi connectivity index (χ1v) is 15.1. The molecule has 0 aliphatic rings. The number of sulfonamides is 1. The summed E-state index contributed by atoms with van der Waals surface area (Å²) in [6, 6.07) is 16.0. The SMILES string of the molecule is CCC(C)[C@H](N)C(=O)N(Cc1cccc(-c2ccc3c(N)c(C(=O)c4ccc(Cl)cc4Cl)oc3c2)c1)S(C)(=O)=O. The van der Waals surface area contributed by atoms with Crippen LogP contribution in [-0.2, 0) is 21.4 Å². The van der Waals surface area contributed by atoms with Crippen LogP contribution < -0.4 is 11.5 Å². The van der Waals surface area contributed by atoms with Crippen molar-refractivity contribution < 1.29 is 22.4 Å². The number of fused-ring (bicyclic) bond motifs is 1. The molecule has 0 aliphatic heterocycles. The van der Waals surface area contributed by atoms with Gasteiger partial charge in [0.2, 0.25) is 15.8 Å². The summed E-state index contributed by atoms with van der Waals surface area (Å²) in [6.45, 7) is 3.54. The number of ketones is 1. The molecule has 0 saturated heterocycles. The molecule has 3 aromatic carbocycles. The molecule has 0 saturated carbocycles. The van der Waals surface area contributed by atoms with Crippen molar-refractivity contribution in [3.63, 3.8) is 0 Å². The van der Waals surface area contributed by atoms with Crippen LogP contribution in [0, 0.1) is 5.92 Å². The number of carbonyl (C=O) groups excluding carboxylic acids is 2. The fourth-order valence-electron chi connectivity index (χ4n) is 4.30. The van der Waals surface area contributed by atoms with Crippen molar-refractivity contribution in [3.05, 3.63) is 87.6 Å². The van der Waals surface area contributed by atoms with E-state index in [9.17, 15) is 18.0 Å². The maximum Gasteiger partial charge on any atom is 0.253 e. The summed E-state index contributed by atoms with van der Waals surface area (Å²) in [5, 5.41) is 1.14. The first kappa shape index (κ1) is 29.6. The predicted octanol–water partition coefficient (Wildman–Crippen LogP) is 5.88. The van der Waals surface area contributed by atoms with E-state index in [0.29, 0.717) is 28.0 Å². The minimum atomic E-state index is -3.87. The molecule has 0 bridgehead atoms. The number of nitrogens with two attached hydrogens (primary N) is 2. The van der Waals surface area contributed by atoms with E-state index in [0.717, 1.165) is 21.7 Å². The van der Waals surface area contributed by atoms with Gasteiger partial charge in [-0.3, -0.25) is 9.59 Å². The zero-order valence-electron chi connectivity index (χ0n) is 22.1. The molecule has 4 N–H and O–H groups in total. The molecule has 1 unspecified atom stereocenters. The first-order valence-electron chi connectivity index (χ1n) is 12.5. The summed E-state index contributed by atoms with van der Waals surface area (Å²) in [5.74, 6) is -1.33. The molecular formula is C29H29Cl2N3O5S. The second-order valence-electron chi connectivity index (χ2n) is 9.73. The Balaban J connectivity index is 1.66. The average molecular weight is 603 g/mol. The van der Waals surface area contributed by atoms with E-state index in [4.69, 9.17) is 39.1 Å². The number of hydrogen-bond acceptors (Lipinski definition) is 7. The molecule has 1 aromatic heterocycles. The summed E-state index contributed by atoms with van der Waals surface area (Å²) >= 11 is 12.2. The Hall–Kier alpha value is -3.37. The topological polar surface area (TPSA) is 137 Å². The van der Waals surface area contributed by atoms with Gasteiger partial charge in [0.1, 0.15) is 5.58 Å². The van der Waals surface area contributed by atoms with Gasteiger partial charge in [-0.15, -0.1) is 0 Å². The number of halogens is 2. The second-order valence-corrected chi connectivity index (χ2v) is 12.5. The summed E-state index contributed by atoms with van der Waals surface area (Å²) in [5.41, 5.74) is 15.2. The molecule has 0 spiro atoms. The molecule has 0 aliphatic carbocycles. The Kier molecular flexibility index (Phi) is 8.60. The lowest BCUT2D eigenvalue weighted by Crippen LogP contribution is -2.48. The van der Waals surface area contributed by atoms with Crippen LogP contribution in [0.5, 0.6) is 0 Å². The van der Waals surface area contributed by atoms with Gasteiger partial charge in [-0.1, -0.05) is 67.7 Å². The van der Waals surface area contributed by atoms with E-state index in [-0.39, 0.29) is 34.5 Å². The fraction of sp³-hybridized carbons (Fsp3) is 0.241. The molecule has 0 radical (unpaired) electrons. The number of hydrogen-bond donors (Lipinski definition) is 2. The molecule has 2 atom stereocenters. The van der Waals surface area contributed by atoms with Gasteiger partial charge in [-0.05, 0) is 59.0 Å². The molecule has 40 heavy (non-hydrogen) atoms. The third-order valence-electron chi connectivity index (χ3n) is 6.89. The minimum Gasteiger partial charge on any atom is -0.450 e. The summed E-state index contributed by atoms with van der Waals surface area (Å²) in [6.07, 6.45) is 1.63. The van der Waals surface area contributed by atoms with Crippen molar-refractivity contribution >= 4 is 61.6 Å². The maximum atomic E-state index is 13.1. The summed E-state index contributed by atoms with van der Waals surface area (Å²) in [4.78, 5) is 26.1. The molecule has 4 aromatic rings. The lowest BCUT2D eigenvalue weighted by molar-refractivity contribution is -0.129. The van der Waals surface area contributed by atoms with Crippen molar-refractivity contribution in [1.29, 1.82) is 0 Å². The highest BCUT2D eigenvalue weighted by Crippen LogP contribution is 2.35. The molecule has 1 heterocycles. The first-order chi connectivity index (χ1) is 18.8. The van der Waals surface area contributed by atoms with Crippen LogP contribution in [0.3, 0.4) is 0 Å². The Morgan fingerprint density at radius 3 is 2.38 bits per heavy atom. The standard InChI is InChI=1S/C29H29Cl2N3O5S/c1-4-16(2)25(32)29(36)34(40(3,37)38)15-17-6-5-7-18(12-17)19-8-10-22-24(13-19)39-28(26(22)33)27(35)21-11-9-20(30)14-23(21)31/h5-14,16,25H,4,15,32-33H2,1-3H3/t16?,25-/m0/s1. The van der Waals surface area contributed by atoms with Crippen LogP contribution in [0.15, 0.2) is 65.1 Å². The van der Waals surface area contributed by atoms with E-state index < -0.39 is 27.8 Å². The van der Waals surface area contributed by atoms with E-state index in [1.807, 2.05) is 26.0 Å². The normalized spacial score (nSPS) is 13.2. The van der Waals surface area contributed by atoms with Crippen LogP contribution in [0.1, 0.15) is 41.9 Å². The Labute approximate surface area is 242 Å². The highest BCUT2D eigenvalue weighted by Gasteiger charge is 2.31. The highest BCUT2D eigenvalue weighted by atomic mass is 35.5. The van der Waals surface area contributed by atoms with Gasteiger partial charge >= 0.3 is 0 Å². The minimum absolute atomic E-state index is 0.0370. The largest absolute Gasteiger partial charge is 0.450 e. The van der Waals surface area contributed by atoms with Crippen molar-refractivity contribution in [3.8, 4) is 11.1 Å². The summed E-state index contributed by atoms with van der Waals surface area (Å²) < 4.78 is 31.7. The van der Waals surface area contributed by atoms with E-state index in [1.165, 1.54) is 12.1 Å². The smallest absolute Gasteiger partial charge is 0.253 e. The molecular weight excluding hydrogens is 573 g/mol. The molecule has 210 valence electrons. The number of benzene rings is 3. The number of nitrogen functional groups attached to an aromatic ring is 1. The number of rotatable bonds is 9. The highest BCUT2D eigenvalue weighted by molar-refractivity contribution is 7.88. The monoisotopic (exact) mass is 601 g/mol. The third kappa shape index (κ3) is 6.02. The van der Waals surface area contributed by atoms with Crippen LogP contribution >= 0.6 is 23.2 Å². The number of amides is 1. The van der Waals surface area contributed by atoms with Crippen LogP contribution in [0.25, 0.3) is 22.1 Å². The Bertz CT molecular complexity index is 1720. The van der Waals surface area contributed by atoms with Gasteiger partial charge in [-0.25, -0.2) is 12.7 Å². The number of carbonyl (C=O) groups is 2. The maximum absolute atomic E-state index is 13.1. The number of nitrogens with zero attached hydrogens (tertiary/aromatic N) is 1. The van der Waals surface area contributed by atoms with Gasteiger partial charge in [0, 0.05) is 16.0 Å². The quantitative estimate of drug-likeness (QED) is 0.228. The fourth-order valence-corrected chi connectivity index (χ4v) is 5.62. The zero-order valence-corrected chi connectivity index (χ0v) is 24.5. The predicted molar refractivity (Wildman–Crippen MR) is 159 cm³/mol. The van der Waals surface area contributed by atoms with Crippen LogP contribution in [0.4, 0.5) is 5.69 Å². The van der Waals surface area contributed by atoms with Crippen molar-refractivity contribution in [1.82, 2.24) is 4.31 Å². The molecule has 11 heteroatoms. The number of furan rings is 1. The van der Waals surface area contributed by atoms with E-state index >= 15 is 0 Å². The lowest BCUT2D eigenvalue weighted by Gasteiger charge is -2.26. The molecule has 8 nitrogen and oxygen atoms in total. The van der Waals surface area contributed by atoms with E-state index in [1.54, 1.807) is 36.4 Å². The van der Waals surface area contributed by atoms with Gasteiger partial charge in [0.05, 0.1) is 29.6 Å². The third-order valence-corrected chi connectivity index (χ3v) is 8.54. The van der Waals surface area contributed by atoms with Gasteiger partial charge in [-0.2, -0.15) is 0 Å². The lowest BCUT2D eigenvalue weighted by atomic mass is 9.99. The Morgan fingerprint density at radius 2 is 1.73 bits per heavy atom. The average Bonchev–Trinajstić information content (AvgIpc) is 3.25. The van der Waals surface area contributed by atoms with Crippen molar-refractivity contribution in [2.45, 2.75) is 32.9 Å². The summed E-state index contributed by atoms with van der Waals surface area (Å²) in [7, 11) is -3.87. The molecule has 0 fully saturated rings. The Morgan fingerprint density at radius 1 is 1.02 bits per heavy atom. The van der Waals surface area contributed by atoms with Crippen molar-refractivity contribution in [2.24, 2.45) is 11.7 Å².